The molecule has 1 saturated heterocycles. The third-order valence-electron chi connectivity index (χ3n) is 5.19. The summed E-state index contributed by atoms with van der Waals surface area (Å²) in [6.07, 6.45) is 6.73. The van der Waals surface area contributed by atoms with Crippen LogP contribution in [0.4, 0.5) is 0 Å². The van der Waals surface area contributed by atoms with Gasteiger partial charge in [-0.3, -0.25) is 4.90 Å². The van der Waals surface area contributed by atoms with E-state index in [-0.39, 0.29) is 0 Å². The molecule has 1 aliphatic heterocycles. The largest absolute Gasteiger partial charge is 0.381 e. The zero-order valence-corrected chi connectivity index (χ0v) is 12.4. The van der Waals surface area contributed by atoms with Crippen molar-refractivity contribution in [3.63, 3.8) is 0 Å². The van der Waals surface area contributed by atoms with Crippen molar-refractivity contribution >= 4 is 0 Å². The lowest BCUT2D eigenvalue weighted by Gasteiger charge is -2.48. The molecule has 1 saturated carbocycles. The fourth-order valence-electron chi connectivity index (χ4n) is 4.42. The second-order valence-electron chi connectivity index (χ2n) is 5.87. The first-order valence-corrected chi connectivity index (χ1v) is 7.78. The Morgan fingerprint density at radius 2 is 1.94 bits per heavy atom. The van der Waals surface area contributed by atoms with Gasteiger partial charge in [0.25, 0.3) is 0 Å². The minimum absolute atomic E-state index is 0.386. The summed E-state index contributed by atoms with van der Waals surface area (Å²) in [6.45, 7) is 8.86. The number of nitrogens with one attached hydrogen (secondary N) is 1. The minimum Gasteiger partial charge on any atom is -0.381 e. The molecule has 0 radical (unpaired) electrons. The van der Waals surface area contributed by atoms with Gasteiger partial charge < -0.3 is 10.1 Å². The lowest BCUT2D eigenvalue weighted by molar-refractivity contribution is 0.0385. The van der Waals surface area contributed by atoms with Crippen molar-refractivity contribution in [1.82, 2.24) is 10.2 Å². The van der Waals surface area contributed by atoms with Crippen molar-refractivity contribution in [1.29, 1.82) is 0 Å². The van der Waals surface area contributed by atoms with Gasteiger partial charge in [-0.15, -0.1) is 0 Å². The average molecular weight is 254 g/mol. The van der Waals surface area contributed by atoms with E-state index in [1.54, 1.807) is 0 Å². The summed E-state index contributed by atoms with van der Waals surface area (Å²) in [5, 5.41) is 3.65. The predicted molar refractivity (Wildman–Crippen MR) is 75.9 cm³/mol. The molecule has 0 amide bonds. The smallest absolute Gasteiger partial charge is 0.0510 e. The minimum atomic E-state index is 0.386. The van der Waals surface area contributed by atoms with Crippen molar-refractivity contribution in [2.75, 3.05) is 33.4 Å². The van der Waals surface area contributed by atoms with E-state index in [2.05, 4.69) is 31.1 Å². The second-order valence-corrected chi connectivity index (χ2v) is 5.87. The number of likely N-dealkylation sites (N-methyl/N-ethyl adjacent to an activating group) is 2. The van der Waals surface area contributed by atoms with Gasteiger partial charge in [-0.2, -0.15) is 0 Å². The molecule has 2 rings (SSSR count). The molecule has 18 heavy (non-hydrogen) atoms. The quantitative estimate of drug-likeness (QED) is 0.787. The van der Waals surface area contributed by atoms with E-state index in [1.165, 1.54) is 45.2 Å². The number of hydrogen-bond donors (Lipinski definition) is 1. The van der Waals surface area contributed by atoms with E-state index in [4.69, 9.17) is 4.74 Å². The van der Waals surface area contributed by atoms with Crippen LogP contribution in [0.25, 0.3) is 0 Å². The topological polar surface area (TPSA) is 24.5 Å². The molecule has 1 heterocycles. The molecule has 2 aliphatic rings. The molecular weight excluding hydrogens is 224 g/mol. The van der Waals surface area contributed by atoms with Gasteiger partial charge in [-0.25, -0.2) is 0 Å². The highest BCUT2D eigenvalue weighted by Gasteiger charge is 2.47. The van der Waals surface area contributed by atoms with E-state index in [1.807, 2.05) is 0 Å². The summed E-state index contributed by atoms with van der Waals surface area (Å²) in [5.41, 5.74) is 0.386. The molecule has 3 heteroatoms. The number of rotatable bonds is 6. The first-order chi connectivity index (χ1) is 8.78. The predicted octanol–water partition coefficient (Wildman–Crippen LogP) is 2.27. The van der Waals surface area contributed by atoms with Gasteiger partial charge in [0, 0.05) is 24.1 Å². The molecule has 2 unspecified atom stereocenters. The van der Waals surface area contributed by atoms with Gasteiger partial charge in [-0.05, 0) is 39.4 Å². The van der Waals surface area contributed by atoms with E-state index in [0.29, 0.717) is 17.5 Å². The van der Waals surface area contributed by atoms with Crippen molar-refractivity contribution in [2.24, 2.45) is 5.92 Å². The Morgan fingerprint density at radius 1 is 1.28 bits per heavy atom. The van der Waals surface area contributed by atoms with Crippen LogP contribution in [-0.2, 0) is 4.74 Å². The third kappa shape index (κ3) is 2.45. The molecule has 2 atom stereocenters. The van der Waals surface area contributed by atoms with Gasteiger partial charge in [-0.1, -0.05) is 26.7 Å². The fourth-order valence-corrected chi connectivity index (χ4v) is 4.42. The standard InChI is InChI=1S/C15H30N2O/c1-4-17(5-2)15(9-6-7-10-15)14(16-3)13-8-11-18-12-13/h13-14,16H,4-12H2,1-3H3. The summed E-state index contributed by atoms with van der Waals surface area (Å²) in [4.78, 5) is 2.71. The lowest BCUT2D eigenvalue weighted by atomic mass is 9.78. The Morgan fingerprint density at radius 3 is 2.39 bits per heavy atom. The van der Waals surface area contributed by atoms with Crippen molar-refractivity contribution in [3.05, 3.63) is 0 Å². The molecule has 1 N–H and O–H groups in total. The van der Waals surface area contributed by atoms with Crippen LogP contribution in [0.1, 0.15) is 46.0 Å². The van der Waals surface area contributed by atoms with Crippen LogP contribution in [0, 0.1) is 5.92 Å². The highest BCUT2D eigenvalue weighted by molar-refractivity contribution is 5.05. The maximum atomic E-state index is 5.63. The van der Waals surface area contributed by atoms with Gasteiger partial charge in [0.05, 0.1) is 6.61 Å². The lowest BCUT2D eigenvalue weighted by Crippen LogP contribution is -2.62. The Labute approximate surface area is 112 Å². The van der Waals surface area contributed by atoms with Gasteiger partial charge in [0.1, 0.15) is 0 Å². The van der Waals surface area contributed by atoms with Crippen LogP contribution in [0.3, 0.4) is 0 Å². The zero-order valence-electron chi connectivity index (χ0n) is 12.4. The van der Waals surface area contributed by atoms with Crippen LogP contribution >= 0.6 is 0 Å². The molecule has 0 aromatic rings. The second kappa shape index (κ2) is 6.36. The number of ether oxygens (including phenoxy) is 1. The molecule has 0 spiro atoms. The first kappa shape index (κ1) is 14.3. The Bertz CT molecular complexity index is 241. The molecule has 3 nitrogen and oxygen atoms in total. The highest BCUT2D eigenvalue weighted by Crippen LogP contribution is 2.41. The normalized spacial score (nSPS) is 29.0. The fraction of sp³-hybridized carbons (Fsp3) is 1.00. The maximum Gasteiger partial charge on any atom is 0.0510 e. The van der Waals surface area contributed by atoms with Crippen molar-refractivity contribution < 1.29 is 4.74 Å². The SMILES string of the molecule is CCN(CC)C1(C(NC)C2CCOC2)CCCC1. The summed E-state index contributed by atoms with van der Waals surface area (Å²) >= 11 is 0. The molecule has 2 fully saturated rings. The molecule has 106 valence electrons. The highest BCUT2D eigenvalue weighted by atomic mass is 16.5. The van der Waals surface area contributed by atoms with Crippen molar-refractivity contribution in [2.45, 2.75) is 57.5 Å². The monoisotopic (exact) mass is 254 g/mol. The Balaban J connectivity index is 2.20. The molecule has 0 bridgehead atoms. The Kier molecular flexibility index (Phi) is 5.05. The summed E-state index contributed by atoms with van der Waals surface area (Å²) in [6, 6.07) is 0.599. The molecule has 0 aromatic carbocycles. The Hall–Kier alpha value is -0.120. The van der Waals surface area contributed by atoms with Crippen LogP contribution in [0.15, 0.2) is 0 Å². The van der Waals surface area contributed by atoms with E-state index >= 15 is 0 Å². The van der Waals surface area contributed by atoms with E-state index in [9.17, 15) is 0 Å². The van der Waals surface area contributed by atoms with Crippen molar-refractivity contribution in [3.8, 4) is 0 Å². The van der Waals surface area contributed by atoms with Crippen LogP contribution in [-0.4, -0.2) is 49.8 Å². The average Bonchev–Trinajstić information content (AvgIpc) is 3.04. The van der Waals surface area contributed by atoms with Gasteiger partial charge in [0.15, 0.2) is 0 Å². The third-order valence-corrected chi connectivity index (χ3v) is 5.19. The van der Waals surface area contributed by atoms with Crippen LogP contribution in [0.2, 0.25) is 0 Å². The van der Waals surface area contributed by atoms with E-state index in [0.717, 1.165) is 13.2 Å². The molecular formula is C15H30N2O. The summed E-state index contributed by atoms with van der Waals surface area (Å²) in [7, 11) is 2.15. The van der Waals surface area contributed by atoms with E-state index < -0.39 is 0 Å². The van der Waals surface area contributed by atoms with Gasteiger partial charge in [0.2, 0.25) is 0 Å². The molecule has 0 aromatic heterocycles. The van der Waals surface area contributed by atoms with Gasteiger partial charge >= 0.3 is 0 Å². The maximum absolute atomic E-state index is 5.63. The molecule has 1 aliphatic carbocycles. The summed E-state index contributed by atoms with van der Waals surface area (Å²) < 4.78 is 5.63. The van der Waals surface area contributed by atoms with Crippen LogP contribution < -0.4 is 5.32 Å². The van der Waals surface area contributed by atoms with Crippen LogP contribution in [0.5, 0.6) is 0 Å². The number of nitrogens with zero attached hydrogens (tertiary/aromatic N) is 1. The zero-order chi connectivity index (χ0) is 13.0. The summed E-state index contributed by atoms with van der Waals surface area (Å²) in [5.74, 6) is 0.702. The first-order valence-electron chi connectivity index (χ1n) is 7.78. The number of hydrogen-bond acceptors (Lipinski definition) is 3.